The van der Waals surface area contributed by atoms with E-state index in [4.69, 9.17) is 15.2 Å². The van der Waals surface area contributed by atoms with Crippen LogP contribution in [0.5, 0.6) is 11.5 Å². The summed E-state index contributed by atoms with van der Waals surface area (Å²) in [6, 6.07) is 5.18. The number of primary amides is 1. The smallest absolute Gasteiger partial charge is 0.239 e. The molecular weight excluding hydrogens is 232 g/mol. The molecule has 1 amide bonds. The Bertz CT molecular complexity index is 434. The molecule has 0 radical (unpaired) electrons. The molecule has 5 nitrogen and oxygen atoms in total. The average molecular weight is 250 g/mol. The van der Waals surface area contributed by atoms with E-state index in [9.17, 15) is 4.79 Å². The molecule has 18 heavy (non-hydrogen) atoms. The van der Waals surface area contributed by atoms with E-state index in [-0.39, 0.29) is 11.9 Å². The van der Waals surface area contributed by atoms with Crippen molar-refractivity contribution in [3.05, 3.63) is 18.2 Å². The first-order valence-electron chi connectivity index (χ1n) is 6.16. The lowest BCUT2D eigenvalue weighted by Gasteiger charge is -2.16. The molecule has 1 heterocycles. The number of hydrogen-bond acceptors (Lipinski definition) is 4. The third-order valence-electron chi connectivity index (χ3n) is 2.84. The SMILES string of the molecule is CCC(Nc1ccc2c(c1)OCCCO2)C(N)=O. The quantitative estimate of drug-likeness (QED) is 0.849. The maximum atomic E-state index is 11.2. The monoisotopic (exact) mass is 250 g/mol. The summed E-state index contributed by atoms with van der Waals surface area (Å²) >= 11 is 0. The summed E-state index contributed by atoms with van der Waals surface area (Å²) in [6.45, 7) is 3.22. The molecule has 0 aromatic heterocycles. The standard InChI is InChI=1S/C13H18N2O3/c1-2-10(13(14)16)15-9-4-5-11-12(8-9)18-7-3-6-17-11/h4-5,8,10,15H,2-3,6-7H2,1H3,(H2,14,16). The van der Waals surface area contributed by atoms with Gasteiger partial charge in [0.15, 0.2) is 11.5 Å². The van der Waals surface area contributed by atoms with Crippen molar-refractivity contribution in [2.24, 2.45) is 5.73 Å². The Hall–Kier alpha value is -1.91. The summed E-state index contributed by atoms with van der Waals surface area (Å²) in [5.41, 5.74) is 6.11. The molecule has 1 unspecified atom stereocenters. The predicted octanol–water partition coefficient (Wildman–Crippen LogP) is 1.52. The van der Waals surface area contributed by atoms with Crippen molar-refractivity contribution in [3.63, 3.8) is 0 Å². The number of anilines is 1. The second-order valence-corrected chi connectivity index (χ2v) is 4.22. The van der Waals surface area contributed by atoms with Crippen LogP contribution in [0.25, 0.3) is 0 Å². The lowest BCUT2D eigenvalue weighted by molar-refractivity contribution is -0.118. The maximum absolute atomic E-state index is 11.2. The van der Waals surface area contributed by atoms with Gasteiger partial charge in [0, 0.05) is 18.2 Å². The van der Waals surface area contributed by atoms with E-state index in [1.165, 1.54) is 0 Å². The van der Waals surface area contributed by atoms with Crippen LogP contribution in [0.15, 0.2) is 18.2 Å². The first-order valence-corrected chi connectivity index (χ1v) is 6.16. The number of fused-ring (bicyclic) bond motifs is 1. The van der Waals surface area contributed by atoms with Crippen LogP contribution in [-0.4, -0.2) is 25.2 Å². The van der Waals surface area contributed by atoms with E-state index in [1.54, 1.807) is 0 Å². The number of benzene rings is 1. The Morgan fingerprint density at radius 3 is 2.78 bits per heavy atom. The summed E-state index contributed by atoms with van der Waals surface area (Å²) in [7, 11) is 0. The van der Waals surface area contributed by atoms with Crippen LogP contribution in [0.2, 0.25) is 0 Å². The van der Waals surface area contributed by atoms with E-state index < -0.39 is 0 Å². The molecule has 0 fully saturated rings. The van der Waals surface area contributed by atoms with Crippen LogP contribution >= 0.6 is 0 Å². The van der Waals surface area contributed by atoms with Gasteiger partial charge in [-0.15, -0.1) is 0 Å². The molecule has 1 aliphatic rings. The zero-order chi connectivity index (χ0) is 13.0. The van der Waals surface area contributed by atoms with Crippen molar-refractivity contribution >= 4 is 11.6 Å². The van der Waals surface area contributed by atoms with Gasteiger partial charge in [0.1, 0.15) is 6.04 Å². The van der Waals surface area contributed by atoms with Crippen molar-refractivity contribution in [3.8, 4) is 11.5 Å². The Morgan fingerprint density at radius 2 is 2.11 bits per heavy atom. The Kier molecular flexibility index (Phi) is 3.92. The van der Waals surface area contributed by atoms with Gasteiger partial charge in [-0.1, -0.05) is 6.92 Å². The highest BCUT2D eigenvalue weighted by atomic mass is 16.5. The Balaban J connectivity index is 2.15. The fourth-order valence-corrected chi connectivity index (χ4v) is 1.83. The van der Waals surface area contributed by atoms with Gasteiger partial charge < -0.3 is 20.5 Å². The van der Waals surface area contributed by atoms with Gasteiger partial charge in [0.05, 0.1) is 13.2 Å². The topological polar surface area (TPSA) is 73.6 Å². The normalized spacial score (nSPS) is 15.6. The molecule has 0 bridgehead atoms. The third-order valence-corrected chi connectivity index (χ3v) is 2.84. The first kappa shape index (κ1) is 12.5. The molecule has 1 aromatic carbocycles. The summed E-state index contributed by atoms with van der Waals surface area (Å²) < 4.78 is 11.1. The number of nitrogens with two attached hydrogens (primary N) is 1. The van der Waals surface area contributed by atoms with Crippen LogP contribution in [0.1, 0.15) is 19.8 Å². The van der Waals surface area contributed by atoms with E-state index in [1.807, 2.05) is 25.1 Å². The van der Waals surface area contributed by atoms with Crippen molar-refractivity contribution in [2.45, 2.75) is 25.8 Å². The number of hydrogen-bond donors (Lipinski definition) is 2. The second kappa shape index (κ2) is 5.62. The molecule has 0 spiro atoms. The molecule has 98 valence electrons. The van der Waals surface area contributed by atoms with Gasteiger partial charge >= 0.3 is 0 Å². The van der Waals surface area contributed by atoms with Crippen LogP contribution in [0, 0.1) is 0 Å². The van der Waals surface area contributed by atoms with Crippen LogP contribution in [-0.2, 0) is 4.79 Å². The van der Waals surface area contributed by atoms with Gasteiger partial charge in [0.25, 0.3) is 0 Å². The van der Waals surface area contributed by atoms with Gasteiger partial charge in [-0.2, -0.15) is 0 Å². The number of carbonyl (C=O) groups excluding carboxylic acids is 1. The van der Waals surface area contributed by atoms with Crippen molar-refractivity contribution in [2.75, 3.05) is 18.5 Å². The summed E-state index contributed by atoms with van der Waals surface area (Å²) in [6.07, 6.45) is 1.51. The molecule has 0 saturated heterocycles. The van der Waals surface area contributed by atoms with Gasteiger partial charge in [-0.25, -0.2) is 0 Å². The minimum Gasteiger partial charge on any atom is -0.490 e. The summed E-state index contributed by atoms with van der Waals surface area (Å²) in [5, 5.41) is 3.09. The zero-order valence-electron chi connectivity index (χ0n) is 10.4. The predicted molar refractivity (Wildman–Crippen MR) is 68.9 cm³/mol. The summed E-state index contributed by atoms with van der Waals surface area (Å²) in [4.78, 5) is 11.2. The molecular formula is C13H18N2O3. The van der Waals surface area contributed by atoms with E-state index in [2.05, 4.69) is 5.32 Å². The van der Waals surface area contributed by atoms with Crippen LogP contribution in [0.3, 0.4) is 0 Å². The molecule has 3 N–H and O–H groups in total. The minimum absolute atomic E-state index is 0.357. The number of carbonyl (C=O) groups is 1. The van der Waals surface area contributed by atoms with Crippen molar-refractivity contribution < 1.29 is 14.3 Å². The van der Waals surface area contributed by atoms with Crippen molar-refractivity contribution in [1.29, 1.82) is 0 Å². The molecule has 5 heteroatoms. The number of nitrogens with one attached hydrogen (secondary N) is 1. The molecule has 1 atom stereocenters. The fourth-order valence-electron chi connectivity index (χ4n) is 1.83. The van der Waals surface area contributed by atoms with E-state index in [0.29, 0.717) is 25.4 Å². The lowest BCUT2D eigenvalue weighted by Crippen LogP contribution is -2.34. The van der Waals surface area contributed by atoms with Crippen LogP contribution < -0.4 is 20.5 Å². The van der Waals surface area contributed by atoms with Gasteiger partial charge in [-0.05, 0) is 18.6 Å². The highest BCUT2D eigenvalue weighted by Crippen LogP contribution is 2.32. The number of ether oxygens (including phenoxy) is 2. The largest absolute Gasteiger partial charge is 0.490 e. The molecule has 1 aliphatic heterocycles. The fraction of sp³-hybridized carbons (Fsp3) is 0.462. The Morgan fingerprint density at radius 1 is 1.39 bits per heavy atom. The van der Waals surface area contributed by atoms with E-state index >= 15 is 0 Å². The van der Waals surface area contributed by atoms with E-state index in [0.717, 1.165) is 17.9 Å². The molecule has 0 aliphatic carbocycles. The second-order valence-electron chi connectivity index (χ2n) is 4.22. The van der Waals surface area contributed by atoms with Gasteiger partial charge in [0.2, 0.25) is 5.91 Å². The van der Waals surface area contributed by atoms with Crippen molar-refractivity contribution in [1.82, 2.24) is 0 Å². The molecule has 2 rings (SSSR count). The summed E-state index contributed by atoms with van der Waals surface area (Å²) in [5.74, 6) is 1.09. The number of amides is 1. The third kappa shape index (κ3) is 2.85. The highest BCUT2D eigenvalue weighted by molar-refractivity contribution is 5.83. The zero-order valence-corrected chi connectivity index (χ0v) is 10.4. The molecule has 0 saturated carbocycles. The minimum atomic E-state index is -0.366. The first-order chi connectivity index (χ1) is 8.70. The van der Waals surface area contributed by atoms with Crippen LogP contribution in [0.4, 0.5) is 5.69 Å². The average Bonchev–Trinajstić information content (AvgIpc) is 2.60. The Labute approximate surface area is 106 Å². The number of rotatable bonds is 4. The lowest BCUT2D eigenvalue weighted by atomic mass is 10.2. The highest BCUT2D eigenvalue weighted by Gasteiger charge is 2.15. The van der Waals surface area contributed by atoms with Gasteiger partial charge in [-0.3, -0.25) is 4.79 Å². The maximum Gasteiger partial charge on any atom is 0.239 e. The molecule has 1 aromatic rings.